The van der Waals surface area contributed by atoms with Gasteiger partial charge in [0.2, 0.25) is 0 Å². The van der Waals surface area contributed by atoms with Crippen molar-refractivity contribution in [2.45, 2.75) is 71.6 Å². The van der Waals surface area contributed by atoms with E-state index in [1.54, 1.807) is 0 Å². The fourth-order valence-corrected chi connectivity index (χ4v) is 2.50. The average Bonchev–Trinajstić information content (AvgIpc) is 2.67. The number of nitrogens with one attached hydrogen (secondary N) is 1. The van der Waals surface area contributed by atoms with Gasteiger partial charge in [-0.1, -0.05) is 13.8 Å². The minimum absolute atomic E-state index is 0.262. The molecule has 0 spiro atoms. The number of hydrogen-bond donors (Lipinski definition) is 1. The Bertz CT molecular complexity index is 445. The smallest absolute Gasteiger partial charge is 0.408 e. The van der Waals surface area contributed by atoms with E-state index < -0.39 is 11.7 Å². The molecule has 0 unspecified atom stereocenters. The SMILES string of the molecule is C#CC[C@@H]1C[C@H]([C@H](CC(C)C)NC(=O)OC(C)(C)C)OC1=O. The second-order valence-electron chi connectivity index (χ2n) is 7.20. The summed E-state index contributed by atoms with van der Waals surface area (Å²) >= 11 is 0. The average molecular weight is 309 g/mol. The number of carbonyl (C=O) groups excluding carboxylic acids is 2. The van der Waals surface area contributed by atoms with Crippen molar-refractivity contribution < 1.29 is 19.1 Å². The van der Waals surface area contributed by atoms with Gasteiger partial charge < -0.3 is 14.8 Å². The van der Waals surface area contributed by atoms with Crippen LogP contribution in [0.2, 0.25) is 0 Å². The lowest BCUT2D eigenvalue weighted by Crippen LogP contribution is -2.46. The van der Waals surface area contributed by atoms with Gasteiger partial charge in [-0.15, -0.1) is 12.3 Å². The van der Waals surface area contributed by atoms with E-state index >= 15 is 0 Å². The number of cyclic esters (lactones) is 1. The number of amides is 1. The molecule has 3 atom stereocenters. The first kappa shape index (κ1) is 18.3. The van der Waals surface area contributed by atoms with Crippen molar-refractivity contribution in [2.24, 2.45) is 11.8 Å². The summed E-state index contributed by atoms with van der Waals surface area (Å²) in [6.45, 7) is 9.53. The number of hydrogen-bond acceptors (Lipinski definition) is 4. The molecule has 5 nitrogen and oxygen atoms in total. The molecule has 124 valence electrons. The molecule has 1 rings (SSSR count). The Morgan fingerprint density at radius 2 is 2.14 bits per heavy atom. The van der Waals surface area contributed by atoms with E-state index in [-0.39, 0.29) is 24.0 Å². The summed E-state index contributed by atoms with van der Waals surface area (Å²) in [7, 11) is 0. The first-order chi connectivity index (χ1) is 10.1. The minimum Gasteiger partial charge on any atom is -0.460 e. The van der Waals surface area contributed by atoms with Gasteiger partial charge in [0.05, 0.1) is 12.0 Å². The number of alkyl carbamates (subject to hydrolysis) is 1. The summed E-state index contributed by atoms with van der Waals surface area (Å²) in [5.41, 5.74) is -0.565. The maximum Gasteiger partial charge on any atom is 0.408 e. The monoisotopic (exact) mass is 309 g/mol. The van der Waals surface area contributed by atoms with Gasteiger partial charge in [-0.05, 0) is 33.1 Å². The predicted molar refractivity (Wildman–Crippen MR) is 84.0 cm³/mol. The van der Waals surface area contributed by atoms with E-state index in [9.17, 15) is 9.59 Å². The zero-order chi connectivity index (χ0) is 16.9. The van der Waals surface area contributed by atoms with Crippen LogP contribution in [-0.4, -0.2) is 29.8 Å². The van der Waals surface area contributed by atoms with Crippen LogP contribution in [0.15, 0.2) is 0 Å². The summed E-state index contributed by atoms with van der Waals surface area (Å²) in [6.07, 6.45) is 6.06. The third-order valence-corrected chi connectivity index (χ3v) is 3.36. The van der Waals surface area contributed by atoms with Crippen LogP contribution in [0.25, 0.3) is 0 Å². The molecule has 1 fully saturated rings. The van der Waals surface area contributed by atoms with Crippen LogP contribution < -0.4 is 5.32 Å². The Hall–Kier alpha value is -1.70. The fraction of sp³-hybridized carbons (Fsp3) is 0.765. The van der Waals surface area contributed by atoms with E-state index in [0.717, 1.165) is 0 Å². The van der Waals surface area contributed by atoms with Crippen molar-refractivity contribution in [3.05, 3.63) is 0 Å². The highest BCUT2D eigenvalue weighted by Crippen LogP contribution is 2.28. The second-order valence-corrected chi connectivity index (χ2v) is 7.20. The molecule has 1 N–H and O–H groups in total. The standard InChI is InChI=1S/C17H27NO4/c1-7-8-12-10-14(21-15(12)19)13(9-11(2)3)18-16(20)22-17(4,5)6/h1,11-14H,8-10H2,2-6H3,(H,18,20)/t12-,13+,14-/m1/s1. The topological polar surface area (TPSA) is 64.6 Å². The van der Waals surface area contributed by atoms with Gasteiger partial charge in [0.25, 0.3) is 0 Å². The number of esters is 1. The van der Waals surface area contributed by atoms with E-state index in [0.29, 0.717) is 25.2 Å². The summed E-state index contributed by atoms with van der Waals surface area (Å²) in [5.74, 6) is 2.30. The summed E-state index contributed by atoms with van der Waals surface area (Å²) in [6, 6.07) is -0.262. The van der Waals surface area contributed by atoms with Gasteiger partial charge in [0, 0.05) is 12.8 Å². The molecule has 1 saturated heterocycles. The molecule has 0 aromatic rings. The van der Waals surface area contributed by atoms with Crippen LogP contribution in [-0.2, 0) is 14.3 Å². The third kappa shape index (κ3) is 5.97. The van der Waals surface area contributed by atoms with Crippen molar-refractivity contribution in [3.8, 4) is 12.3 Å². The molecule has 0 saturated carbocycles. The van der Waals surface area contributed by atoms with Crippen LogP contribution >= 0.6 is 0 Å². The number of terminal acetylenes is 1. The van der Waals surface area contributed by atoms with E-state index in [2.05, 4.69) is 25.1 Å². The highest BCUT2D eigenvalue weighted by atomic mass is 16.6. The Morgan fingerprint density at radius 3 is 2.64 bits per heavy atom. The molecule has 1 aliphatic rings. The molecule has 0 bridgehead atoms. The lowest BCUT2D eigenvalue weighted by Gasteiger charge is -2.27. The van der Waals surface area contributed by atoms with E-state index in [4.69, 9.17) is 15.9 Å². The Morgan fingerprint density at radius 1 is 1.50 bits per heavy atom. The van der Waals surface area contributed by atoms with Gasteiger partial charge in [0.15, 0.2) is 0 Å². The highest BCUT2D eigenvalue weighted by molar-refractivity contribution is 5.75. The zero-order valence-electron chi connectivity index (χ0n) is 14.1. The van der Waals surface area contributed by atoms with Crippen molar-refractivity contribution in [1.82, 2.24) is 5.32 Å². The molecule has 1 aliphatic heterocycles. The molecule has 22 heavy (non-hydrogen) atoms. The van der Waals surface area contributed by atoms with E-state index in [1.807, 2.05) is 20.8 Å². The molecular weight excluding hydrogens is 282 g/mol. The lowest BCUT2D eigenvalue weighted by molar-refractivity contribution is -0.145. The van der Waals surface area contributed by atoms with Gasteiger partial charge in [0.1, 0.15) is 11.7 Å². The van der Waals surface area contributed by atoms with Crippen LogP contribution in [0.1, 0.15) is 53.9 Å². The number of rotatable bonds is 5. The van der Waals surface area contributed by atoms with Crippen molar-refractivity contribution >= 4 is 12.1 Å². The zero-order valence-corrected chi connectivity index (χ0v) is 14.1. The van der Waals surface area contributed by atoms with Crippen molar-refractivity contribution in [1.29, 1.82) is 0 Å². The molecule has 5 heteroatoms. The van der Waals surface area contributed by atoms with Crippen molar-refractivity contribution in [3.63, 3.8) is 0 Å². The van der Waals surface area contributed by atoms with Crippen LogP contribution in [0.5, 0.6) is 0 Å². The maximum absolute atomic E-state index is 12.0. The van der Waals surface area contributed by atoms with Crippen LogP contribution in [0.4, 0.5) is 4.79 Å². The molecule has 1 heterocycles. The van der Waals surface area contributed by atoms with Crippen molar-refractivity contribution in [2.75, 3.05) is 0 Å². The normalized spacial score (nSPS) is 22.9. The van der Waals surface area contributed by atoms with Crippen LogP contribution in [0, 0.1) is 24.2 Å². The second kappa shape index (κ2) is 7.53. The van der Waals surface area contributed by atoms with E-state index in [1.165, 1.54) is 0 Å². The Labute approximate surface area is 133 Å². The van der Waals surface area contributed by atoms with Gasteiger partial charge in [-0.2, -0.15) is 0 Å². The highest BCUT2D eigenvalue weighted by Gasteiger charge is 2.39. The van der Waals surface area contributed by atoms with Crippen LogP contribution in [0.3, 0.4) is 0 Å². The third-order valence-electron chi connectivity index (χ3n) is 3.36. The summed E-state index contributed by atoms with van der Waals surface area (Å²) < 4.78 is 10.7. The van der Waals surface area contributed by atoms with Gasteiger partial charge >= 0.3 is 12.1 Å². The number of ether oxygens (including phenoxy) is 2. The molecule has 0 aromatic heterocycles. The lowest BCUT2D eigenvalue weighted by atomic mass is 9.93. The molecule has 0 radical (unpaired) electrons. The largest absolute Gasteiger partial charge is 0.460 e. The Kier molecular flexibility index (Phi) is 6.28. The van der Waals surface area contributed by atoms with Gasteiger partial charge in [-0.3, -0.25) is 4.79 Å². The van der Waals surface area contributed by atoms with Gasteiger partial charge in [-0.25, -0.2) is 4.79 Å². The maximum atomic E-state index is 12.0. The molecule has 1 amide bonds. The summed E-state index contributed by atoms with van der Waals surface area (Å²) in [4.78, 5) is 23.8. The first-order valence-corrected chi connectivity index (χ1v) is 7.76. The first-order valence-electron chi connectivity index (χ1n) is 7.76. The number of carbonyl (C=O) groups is 2. The minimum atomic E-state index is -0.565. The molecule has 0 aliphatic carbocycles. The molecular formula is C17H27NO4. The Balaban J connectivity index is 2.71. The quantitative estimate of drug-likeness (QED) is 0.626. The fourth-order valence-electron chi connectivity index (χ4n) is 2.50. The molecule has 0 aromatic carbocycles. The predicted octanol–water partition coefficient (Wildman–Crippen LogP) is 2.88. The summed E-state index contributed by atoms with van der Waals surface area (Å²) in [5, 5.41) is 2.84.